The van der Waals surface area contributed by atoms with E-state index in [0.29, 0.717) is 12.5 Å². The van der Waals surface area contributed by atoms with Gasteiger partial charge in [0.1, 0.15) is 0 Å². The minimum Gasteiger partial charge on any atom is -0.348 e. The lowest BCUT2D eigenvalue weighted by Gasteiger charge is -2.32. The molecule has 2 N–H and O–H groups in total. The van der Waals surface area contributed by atoms with Gasteiger partial charge in [-0.15, -0.1) is 11.8 Å². The lowest BCUT2D eigenvalue weighted by molar-refractivity contribution is -0.139. The van der Waals surface area contributed by atoms with Crippen LogP contribution in [-0.4, -0.2) is 48.6 Å². The van der Waals surface area contributed by atoms with Gasteiger partial charge < -0.3 is 10.6 Å². The molecular formula is C22H33N3O2S. The molecule has 0 atom stereocenters. The molecule has 2 fully saturated rings. The van der Waals surface area contributed by atoms with Crippen molar-refractivity contribution in [2.75, 3.05) is 25.9 Å². The summed E-state index contributed by atoms with van der Waals surface area (Å²) in [4.78, 5) is 28.0. The first-order valence-corrected chi connectivity index (χ1v) is 11.8. The number of carbonyl (C=O) groups excluding carboxylic acids is 2. The number of carbonyl (C=O) groups is 2. The van der Waals surface area contributed by atoms with Crippen LogP contribution in [-0.2, 0) is 16.1 Å². The van der Waals surface area contributed by atoms with Gasteiger partial charge in [0.05, 0.1) is 0 Å². The molecule has 2 aliphatic rings. The van der Waals surface area contributed by atoms with Crippen LogP contribution >= 0.6 is 11.8 Å². The Balaban J connectivity index is 1.36. The molecule has 1 saturated heterocycles. The number of nitrogens with one attached hydrogen (secondary N) is 2. The number of likely N-dealkylation sites (tertiary alicyclic amines) is 1. The highest BCUT2D eigenvalue weighted by Crippen LogP contribution is 2.24. The summed E-state index contributed by atoms with van der Waals surface area (Å²) in [7, 11) is 0. The first-order chi connectivity index (χ1) is 13.7. The molecule has 5 nitrogen and oxygen atoms in total. The van der Waals surface area contributed by atoms with Crippen molar-refractivity contribution in [2.24, 2.45) is 5.92 Å². The molecule has 0 unspecified atom stereocenters. The Bertz CT molecular complexity index is 653. The summed E-state index contributed by atoms with van der Waals surface area (Å²) in [6.07, 6.45) is 9.77. The van der Waals surface area contributed by atoms with E-state index in [0.717, 1.165) is 58.2 Å². The Morgan fingerprint density at radius 2 is 1.75 bits per heavy atom. The molecule has 1 aliphatic heterocycles. The van der Waals surface area contributed by atoms with Crippen LogP contribution in [0.2, 0.25) is 0 Å². The van der Waals surface area contributed by atoms with Crippen LogP contribution in [0.3, 0.4) is 0 Å². The molecule has 0 spiro atoms. The summed E-state index contributed by atoms with van der Waals surface area (Å²) in [5.41, 5.74) is 1.39. The largest absolute Gasteiger partial charge is 0.348 e. The first kappa shape index (κ1) is 21.2. The number of rotatable bonds is 6. The topological polar surface area (TPSA) is 61.4 Å². The fourth-order valence-electron chi connectivity index (χ4n) is 4.24. The zero-order chi connectivity index (χ0) is 19.8. The molecule has 0 radical (unpaired) electrons. The standard InChI is InChI=1S/C22H33N3O2S/c1-28-20-10-6-5-7-18(20)16-25-13-11-17(12-14-25)15-23-21(26)22(27)24-19-8-3-2-4-9-19/h5-7,10,17,19H,2-4,8-9,11-16H2,1H3,(H,23,26)(H,24,27). The second-order valence-electron chi connectivity index (χ2n) is 8.05. The van der Waals surface area contributed by atoms with E-state index >= 15 is 0 Å². The number of thioether (sulfide) groups is 1. The molecule has 28 heavy (non-hydrogen) atoms. The summed E-state index contributed by atoms with van der Waals surface area (Å²) in [5.74, 6) is -0.474. The van der Waals surface area contributed by atoms with E-state index in [9.17, 15) is 9.59 Å². The summed E-state index contributed by atoms with van der Waals surface area (Å²) in [6.45, 7) is 3.67. The van der Waals surface area contributed by atoms with Gasteiger partial charge in [-0.1, -0.05) is 37.5 Å². The van der Waals surface area contributed by atoms with E-state index in [1.54, 1.807) is 11.8 Å². The van der Waals surface area contributed by atoms with Gasteiger partial charge in [0.15, 0.2) is 0 Å². The Kier molecular flexibility index (Phi) is 8.22. The van der Waals surface area contributed by atoms with Gasteiger partial charge in [0, 0.05) is 24.0 Å². The van der Waals surface area contributed by atoms with E-state index in [1.165, 1.54) is 16.9 Å². The summed E-state index contributed by atoms with van der Waals surface area (Å²) in [6, 6.07) is 8.77. The molecule has 0 bridgehead atoms. The zero-order valence-corrected chi connectivity index (χ0v) is 17.7. The third-order valence-electron chi connectivity index (χ3n) is 5.99. The van der Waals surface area contributed by atoms with Gasteiger partial charge in [-0.05, 0) is 62.6 Å². The lowest BCUT2D eigenvalue weighted by Crippen LogP contribution is -2.47. The maximum absolute atomic E-state index is 12.1. The van der Waals surface area contributed by atoms with Crippen LogP contribution in [0.5, 0.6) is 0 Å². The quantitative estimate of drug-likeness (QED) is 0.566. The number of piperidine rings is 1. The van der Waals surface area contributed by atoms with Crippen LogP contribution in [0.15, 0.2) is 29.2 Å². The minimum absolute atomic E-state index is 0.180. The molecule has 1 saturated carbocycles. The monoisotopic (exact) mass is 403 g/mol. The van der Waals surface area contributed by atoms with E-state index in [4.69, 9.17) is 0 Å². The van der Waals surface area contributed by atoms with E-state index in [1.807, 2.05) is 0 Å². The normalized spacial score (nSPS) is 19.3. The van der Waals surface area contributed by atoms with Gasteiger partial charge in [-0.2, -0.15) is 0 Å². The maximum Gasteiger partial charge on any atom is 0.309 e. The van der Waals surface area contributed by atoms with Crippen molar-refractivity contribution in [3.05, 3.63) is 29.8 Å². The molecule has 6 heteroatoms. The van der Waals surface area contributed by atoms with E-state index in [-0.39, 0.29) is 6.04 Å². The molecule has 1 aromatic rings. The van der Waals surface area contributed by atoms with Crippen molar-refractivity contribution in [2.45, 2.75) is 62.4 Å². The summed E-state index contributed by atoms with van der Waals surface area (Å²) < 4.78 is 0. The highest BCUT2D eigenvalue weighted by Gasteiger charge is 2.23. The molecule has 0 aromatic heterocycles. The van der Waals surface area contributed by atoms with Crippen LogP contribution in [0, 0.1) is 5.92 Å². The van der Waals surface area contributed by atoms with Crippen molar-refractivity contribution >= 4 is 23.6 Å². The molecular weight excluding hydrogens is 370 g/mol. The van der Waals surface area contributed by atoms with E-state index in [2.05, 4.69) is 46.1 Å². The Hall–Kier alpha value is -1.53. The van der Waals surface area contributed by atoms with Crippen LogP contribution in [0.1, 0.15) is 50.5 Å². The average Bonchev–Trinajstić information content (AvgIpc) is 2.74. The summed E-state index contributed by atoms with van der Waals surface area (Å²) in [5, 5.41) is 5.74. The van der Waals surface area contributed by atoms with Crippen molar-refractivity contribution in [1.82, 2.24) is 15.5 Å². The first-order valence-electron chi connectivity index (χ1n) is 10.6. The van der Waals surface area contributed by atoms with Crippen molar-refractivity contribution < 1.29 is 9.59 Å². The number of amides is 2. The smallest absolute Gasteiger partial charge is 0.309 e. The van der Waals surface area contributed by atoms with Gasteiger partial charge >= 0.3 is 11.8 Å². The Morgan fingerprint density at radius 3 is 2.46 bits per heavy atom. The van der Waals surface area contributed by atoms with Gasteiger partial charge in [-0.3, -0.25) is 14.5 Å². The maximum atomic E-state index is 12.1. The SMILES string of the molecule is CSc1ccccc1CN1CCC(CNC(=O)C(=O)NC2CCCCC2)CC1. The predicted molar refractivity (Wildman–Crippen MR) is 114 cm³/mol. The van der Waals surface area contributed by atoms with Crippen LogP contribution < -0.4 is 10.6 Å². The second-order valence-corrected chi connectivity index (χ2v) is 8.90. The highest BCUT2D eigenvalue weighted by molar-refractivity contribution is 7.98. The zero-order valence-electron chi connectivity index (χ0n) is 16.9. The summed E-state index contributed by atoms with van der Waals surface area (Å²) >= 11 is 1.80. The number of nitrogens with zero attached hydrogens (tertiary/aromatic N) is 1. The lowest BCUT2D eigenvalue weighted by atomic mass is 9.95. The fraction of sp³-hybridized carbons (Fsp3) is 0.636. The van der Waals surface area contributed by atoms with Crippen LogP contribution in [0.25, 0.3) is 0 Å². The third-order valence-corrected chi connectivity index (χ3v) is 6.83. The van der Waals surface area contributed by atoms with Crippen molar-refractivity contribution in [3.8, 4) is 0 Å². The van der Waals surface area contributed by atoms with Gasteiger partial charge in [0.25, 0.3) is 0 Å². The molecule has 154 valence electrons. The van der Waals surface area contributed by atoms with E-state index < -0.39 is 11.8 Å². The van der Waals surface area contributed by atoms with Gasteiger partial charge in [-0.25, -0.2) is 0 Å². The molecule has 3 rings (SSSR count). The second kappa shape index (κ2) is 10.9. The minimum atomic E-state index is -0.470. The Labute approximate surface area is 173 Å². The number of benzene rings is 1. The highest BCUT2D eigenvalue weighted by atomic mass is 32.2. The molecule has 1 heterocycles. The number of hydrogen-bond donors (Lipinski definition) is 2. The molecule has 1 aromatic carbocycles. The fourth-order valence-corrected chi connectivity index (χ4v) is 4.85. The van der Waals surface area contributed by atoms with Gasteiger partial charge in [0.2, 0.25) is 0 Å². The average molecular weight is 404 g/mol. The van der Waals surface area contributed by atoms with Crippen LogP contribution in [0.4, 0.5) is 0 Å². The predicted octanol–water partition coefficient (Wildman–Crippen LogP) is 3.19. The molecule has 2 amide bonds. The van der Waals surface area contributed by atoms with Crippen molar-refractivity contribution in [3.63, 3.8) is 0 Å². The molecule has 1 aliphatic carbocycles. The van der Waals surface area contributed by atoms with Crippen molar-refractivity contribution in [1.29, 1.82) is 0 Å². The third kappa shape index (κ3) is 6.24. The number of hydrogen-bond acceptors (Lipinski definition) is 4. The Morgan fingerprint density at radius 1 is 1.04 bits per heavy atom.